The molecule has 22 heavy (non-hydrogen) atoms. The maximum Gasteiger partial charge on any atom is 0.291 e. The van der Waals surface area contributed by atoms with Gasteiger partial charge in [0.1, 0.15) is 5.82 Å². The zero-order valence-corrected chi connectivity index (χ0v) is 13.2. The first-order valence-electron chi connectivity index (χ1n) is 7.95. The normalized spacial score (nSPS) is 15.7. The van der Waals surface area contributed by atoms with E-state index in [0.29, 0.717) is 0 Å². The smallest absolute Gasteiger partial charge is 0.291 e. The summed E-state index contributed by atoms with van der Waals surface area (Å²) in [4.78, 5) is 16.7. The van der Waals surface area contributed by atoms with E-state index in [-0.39, 0.29) is 17.8 Å². The average molecular weight is 298 g/mol. The number of nitrogens with zero attached hydrogens (tertiary/aromatic N) is 3. The third kappa shape index (κ3) is 3.03. The third-order valence-corrected chi connectivity index (χ3v) is 4.26. The maximum atomic E-state index is 12.3. The number of aryl methyl sites for hydroxylation is 2. The van der Waals surface area contributed by atoms with Crippen LogP contribution in [0.15, 0.2) is 24.3 Å². The predicted octanol–water partition coefficient (Wildman–Crippen LogP) is 2.95. The van der Waals surface area contributed by atoms with Gasteiger partial charge in [-0.15, -0.1) is 5.10 Å². The molecule has 1 heterocycles. The summed E-state index contributed by atoms with van der Waals surface area (Å²) in [7, 11) is 0. The van der Waals surface area contributed by atoms with Crippen molar-refractivity contribution in [1.29, 1.82) is 0 Å². The summed E-state index contributed by atoms with van der Waals surface area (Å²) >= 11 is 0. The highest BCUT2D eigenvalue weighted by Gasteiger charge is 2.20. The average Bonchev–Trinajstić information content (AvgIpc) is 2.91. The lowest BCUT2D eigenvalue weighted by atomic mass is 9.95. The van der Waals surface area contributed by atoms with E-state index < -0.39 is 0 Å². The highest BCUT2D eigenvalue weighted by Crippen LogP contribution is 2.18. The number of rotatable bonds is 3. The lowest BCUT2D eigenvalue weighted by Crippen LogP contribution is -2.36. The molecule has 5 heteroatoms. The Morgan fingerprint density at radius 3 is 2.64 bits per heavy atom. The standard InChI is InChI=1S/C17H22N4O/c1-12-8-6-7-11-15(12)21-13(2)18-16(20-21)17(22)19-14-9-4-3-5-10-14/h6-8,11,14H,3-5,9-10H2,1-2H3,(H,19,22). The molecule has 1 fully saturated rings. The van der Waals surface area contributed by atoms with E-state index in [1.807, 2.05) is 38.1 Å². The molecule has 0 spiro atoms. The van der Waals surface area contributed by atoms with Crippen molar-refractivity contribution in [2.75, 3.05) is 0 Å². The number of amides is 1. The lowest BCUT2D eigenvalue weighted by molar-refractivity contribution is 0.0917. The molecule has 116 valence electrons. The minimum absolute atomic E-state index is 0.165. The Labute approximate surface area is 130 Å². The van der Waals surface area contributed by atoms with E-state index in [0.717, 1.165) is 29.9 Å². The van der Waals surface area contributed by atoms with Gasteiger partial charge in [-0.2, -0.15) is 0 Å². The Morgan fingerprint density at radius 2 is 1.91 bits per heavy atom. The molecular formula is C17H22N4O. The second-order valence-electron chi connectivity index (χ2n) is 5.99. The summed E-state index contributed by atoms with van der Waals surface area (Å²) in [5.74, 6) is 0.816. The van der Waals surface area contributed by atoms with Crippen molar-refractivity contribution in [1.82, 2.24) is 20.1 Å². The van der Waals surface area contributed by atoms with Gasteiger partial charge in [-0.3, -0.25) is 4.79 Å². The molecule has 1 aliphatic rings. The zero-order valence-electron chi connectivity index (χ0n) is 13.2. The molecule has 1 saturated carbocycles. The summed E-state index contributed by atoms with van der Waals surface area (Å²) in [6.45, 7) is 3.90. The largest absolute Gasteiger partial charge is 0.347 e. The van der Waals surface area contributed by atoms with E-state index >= 15 is 0 Å². The molecule has 0 atom stereocenters. The highest BCUT2D eigenvalue weighted by molar-refractivity contribution is 5.90. The first-order valence-corrected chi connectivity index (χ1v) is 7.95. The number of carbonyl (C=O) groups excluding carboxylic acids is 1. The molecule has 1 N–H and O–H groups in total. The van der Waals surface area contributed by atoms with Crippen molar-refractivity contribution in [3.63, 3.8) is 0 Å². The van der Waals surface area contributed by atoms with Crippen LogP contribution in [-0.4, -0.2) is 26.7 Å². The third-order valence-electron chi connectivity index (χ3n) is 4.26. The molecule has 0 bridgehead atoms. The van der Waals surface area contributed by atoms with Gasteiger partial charge in [-0.05, 0) is 38.3 Å². The van der Waals surface area contributed by atoms with Crippen LogP contribution in [0.5, 0.6) is 0 Å². The van der Waals surface area contributed by atoms with Crippen molar-refractivity contribution >= 4 is 5.91 Å². The van der Waals surface area contributed by atoms with E-state index in [1.165, 1.54) is 19.3 Å². The molecule has 0 radical (unpaired) electrons. The lowest BCUT2D eigenvalue weighted by Gasteiger charge is -2.21. The molecule has 1 aliphatic carbocycles. The van der Waals surface area contributed by atoms with Crippen LogP contribution >= 0.6 is 0 Å². The number of aromatic nitrogens is 3. The van der Waals surface area contributed by atoms with Crippen LogP contribution in [0.2, 0.25) is 0 Å². The van der Waals surface area contributed by atoms with Gasteiger partial charge in [0.05, 0.1) is 5.69 Å². The molecule has 2 aromatic rings. The van der Waals surface area contributed by atoms with Crippen molar-refractivity contribution in [3.05, 3.63) is 41.5 Å². The summed E-state index contributed by atoms with van der Waals surface area (Å²) in [5.41, 5.74) is 2.07. The SMILES string of the molecule is Cc1ccccc1-n1nc(C(=O)NC2CCCCC2)nc1C. The summed E-state index contributed by atoms with van der Waals surface area (Å²) < 4.78 is 1.74. The van der Waals surface area contributed by atoms with Gasteiger partial charge in [-0.25, -0.2) is 9.67 Å². The van der Waals surface area contributed by atoms with E-state index in [2.05, 4.69) is 15.4 Å². The number of hydrogen-bond acceptors (Lipinski definition) is 3. The van der Waals surface area contributed by atoms with Crippen LogP contribution in [0.1, 0.15) is 54.1 Å². The van der Waals surface area contributed by atoms with Gasteiger partial charge in [-0.1, -0.05) is 37.5 Å². The summed E-state index contributed by atoms with van der Waals surface area (Å²) in [5, 5.41) is 7.46. The van der Waals surface area contributed by atoms with Crippen molar-refractivity contribution < 1.29 is 4.79 Å². The Balaban J connectivity index is 1.80. The van der Waals surface area contributed by atoms with Crippen LogP contribution < -0.4 is 5.32 Å². The van der Waals surface area contributed by atoms with Crippen molar-refractivity contribution in [3.8, 4) is 5.69 Å². The second kappa shape index (κ2) is 6.30. The summed E-state index contributed by atoms with van der Waals surface area (Å²) in [6.07, 6.45) is 5.77. The minimum atomic E-state index is -0.165. The topological polar surface area (TPSA) is 59.8 Å². The molecular weight excluding hydrogens is 276 g/mol. The van der Waals surface area contributed by atoms with Gasteiger partial charge in [0.15, 0.2) is 0 Å². The quantitative estimate of drug-likeness (QED) is 0.947. The van der Waals surface area contributed by atoms with E-state index in [4.69, 9.17) is 0 Å². The van der Waals surface area contributed by atoms with E-state index in [9.17, 15) is 4.79 Å². The molecule has 0 aliphatic heterocycles. The molecule has 3 rings (SSSR count). The first kappa shape index (κ1) is 14.8. The molecule has 0 unspecified atom stereocenters. The van der Waals surface area contributed by atoms with Gasteiger partial charge >= 0.3 is 0 Å². The van der Waals surface area contributed by atoms with Gasteiger partial charge in [0.2, 0.25) is 5.82 Å². The number of hydrogen-bond donors (Lipinski definition) is 1. The molecule has 1 aromatic carbocycles. The van der Waals surface area contributed by atoms with Gasteiger partial charge < -0.3 is 5.32 Å². The number of para-hydroxylation sites is 1. The van der Waals surface area contributed by atoms with E-state index in [1.54, 1.807) is 4.68 Å². The van der Waals surface area contributed by atoms with Crippen LogP contribution in [0.25, 0.3) is 5.69 Å². The minimum Gasteiger partial charge on any atom is -0.347 e. The fraction of sp³-hybridized carbons (Fsp3) is 0.471. The highest BCUT2D eigenvalue weighted by atomic mass is 16.2. The Morgan fingerprint density at radius 1 is 1.18 bits per heavy atom. The predicted molar refractivity (Wildman–Crippen MR) is 85.2 cm³/mol. The zero-order chi connectivity index (χ0) is 15.5. The fourth-order valence-corrected chi connectivity index (χ4v) is 3.01. The van der Waals surface area contributed by atoms with Crippen molar-refractivity contribution in [2.24, 2.45) is 0 Å². The Hall–Kier alpha value is -2.17. The molecule has 0 saturated heterocycles. The maximum absolute atomic E-state index is 12.3. The van der Waals surface area contributed by atoms with Gasteiger partial charge in [0.25, 0.3) is 5.91 Å². The van der Waals surface area contributed by atoms with Crippen molar-refractivity contribution in [2.45, 2.75) is 52.0 Å². The monoisotopic (exact) mass is 298 g/mol. The van der Waals surface area contributed by atoms with Crippen LogP contribution in [0, 0.1) is 13.8 Å². The molecule has 1 aromatic heterocycles. The number of benzene rings is 1. The fourth-order valence-electron chi connectivity index (χ4n) is 3.01. The Bertz CT molecular complexity index is 671. The number of nitrogens with one attached hydrogen (secondary N) is 1. The second-order valence-corrected chi connectivity index (χ2v) is 5.99. The van der Waals surface area contributed by atoms with Crippen LogP contribution in [0.3, 0.4) is 0 Å². The number of carbonyl (C=O) groups is 1. The van der Waals surface area contributed by atoms with Crippen LogP contribution in [0.4, 0.5) is 0 Å². The molecule has 5 nitrogen and oxygen atoms in total. The van der Waals surface area contributed by atoms with Gasteiger partial charge in [0, 0.05) is 6.04 Å². The summed E-state index contributed by atoms with van der Waals surface area (Å²) in [6, 6.07) is 8.23. The Kier molecular flexibility index (Phi) is 4.22. The van der Waals surface area contributed by atoms with Crippen LogP contribution in [-0.2, 0) is 0 Å². The molecule has 1 amide bonds. The first-order chi connectivity index (χ1) is 10.6.